The number of hydrazine groups is 1. The first kappa shape index (κ1) is 28.5. The molecule has 2 saturated heterocycles. The summed E-state index contributed by atoms with van der Waals surface area (Å²) in [5.41, 5.74) is 4.90. The van der Waals surface area contributed by atoms with Crippen molar-refractivity contribution in [2.75, 3.05) is 64.1 Å². The van der Waals surface area contributed by atoms with Crippen LogP contribution in [0.4, 0.5) is 10.5 Å². The van der Waals surface area contributed by atoms with Gasteiger partial charge in [-0.2, -0.15) is 0 Å². The van der Waals surface area contributed by atoms with E-state index in [-0.39, 0.29) is 6.79 Å². The van der Waals surface area contributed by atoms with E-state index in [4.69, 9.17) is 14.2 Å². The Bertz CT molecular complexity index is 1470. The largest absolute Gasteiger partial charge is 0.494 e. The van der Waals surface area contributed by atoms with Gasteiger partial charge < -0.3 is 19.1 Å². The summed E-state index contributed by atoms with van der Waals surface area (Å²) in [6, 6.07) is 18.5. The van der Waals surface area contributed by atoms with Gasteiger partial charge in [0.05, 0.1) is 12.1 Å². The van der Waals surface area contributed by atoms with Gasteiger partial charge in [-0.3, -0.25) is 10.3 Å². The molecule has 1 N–H and O–H groups in total. The quantitative estimate of drug-likeness (QED) is 0.171. The summed E-state index contributed by atoms with van der Waals surface area (Å²) in [6.07, 6.45) is 4.95. The topological polar surface area (TPSA) is 79.4 Å². The zero-order valence-electron chi connectivity index (χ0n) is 24.0. The van der Waals surface area contributed by atoms with Gasteiger partial charge in [-0.05, 0) is 74.0 Å². The molecule has 9 nitrogen and oxygen atoms in total. The number of carbonyl (C=O) groups is 1. The van der Waals surface area contributed by atoms with E-state index >= 15 is 0 Å². The maximum absolute atomic E-state index is 12.0. The zero-order chi connectivity index (χ0) is 28.6. The maximum atomic E-state index is 12.0. The number of thiophene rings is 1. The highest BCUT2D eigenvalue weighted by Gasteiger charge is 2.18. The number of benzene rings is 2. The molecule has 2 aromatic heterocycles. The molecule has 4 heterocycles. The summed E-state index contributed by atoms with van der Waals surface area (Å²) in [6.45, 7) is 7.58. The van der Waals surface area contributed by atoms with Gasteiger partial charge in [0.25, 0.3) is 0 Å². The van der Waals surface area contributed by atoms with Gasteiger partial charge in [-0.1, -0.05) is 12.5 Å². The number of hydrogen-bond donors (Lipinski definition) is 1. The van der Waals surface area contributed by atoms with Crippen molar-refractivity contribution in [2.45, 2.75) is 32.1 Å². The summed E-state index contributed by atoms with van der Waals surface area (Å²) in [4.78, 5) is 21.6. The lowest BCUT2D eigenvalue weighted by molar-refractivity contribution is 0.0367. The first-order chi connectivity index (χ1) is 20.7. The Kier molecular flexibility index (Phi) is 9.54. The molecule has 2 fully saturated rings. The number of amides is 1. The highest BCUT2D eigenvalue weighted by Crippen LogP contribution is 2.31. The first-order valence-electron chi connectivity index (χ1n) is 15.0. The number of pyridine rings is 1. The highest BCUT2D eigenvalue weighted by molar-refractivity contribution is 7.17. The molecule has 1 amide bonds. The zero-order valence-corrected chi connectivity index (χ0v) is 24.8. The van der Waals surface area contributed by atoms with Crippen molar-refractivity contribution >= 4 is 44.1 Å². The monoisotopic (exact) mass is 589 g/mol. The predicted molar refractivity (Wildman–Crippen MR) is 167 cm³/mol. The molecule has 0 aliphatic carbocycles. The standard InChI is InChI=1S/C32H39N5O4S/c38-32(34-37-15-2-1-3-16-37)41-24-40-31-12-10-25-9-11-26(23-28(25)33-31)39-21-5-4-14-35-17-19-36(20-18-35)29-7-6-8-30-27(29)13-22-42-30/h6-13,22-23H,1-5,14-21,24H2,(H,34,38). The van der Waals surface area contributed by atoms with Gasteiger partial charge in [-0.25, -0.2) is 14.8 Å². The molecule has 0 atom stereocenters. The molecule has 0 bridgehead atoms. The van der Waals surface area contributed by atoms with E-state index in [9.17, 15) is 4.79 Å². The third kappa shape index (κ3) is 7.42. The molecule has 0 spiro atoms. The number of nitrogens with zero attached hydrogens (tertiary/aromatic N) is 4. The van der Waals surface area contributed by atoms with Gasteiger partial charge in [0, 0.05) is 72.6 Å². The SMILES string of the molecule is O=C(NN1CCCCC1)OCOc1ccc2ccc(OCCCCN3CCN(c4cccc5sccc45)CC3)cc2n1. The fraction of sp³-hybridized carbons (Fsp3) is 0.438. The third-order valence-electron chi connectivity index (χ3n) is 7.96. The number of fused-ring (bicyclic) bond motifs is 2. The second-order valence-corrected chi connectivity index (χ2v) is 11.8. The van der Waals surface area contributed by atoms with Crippen LogP contribution in [-0.2, 0) is 4.74 Å². The summed E-state index contributed by atoms with van der Waals surface area (Å²) >= 11 is 1.81. The Hall–Kier alpha value is -3.60. The number of piperazine rings is 1. The highest BCUT2D eigenvalue weighted by atomic mass is 32.1. The van der Waals surface area contributed by atoms with E-state index in [1.807, 2.05) is 40.6 Å². The summed E-state index contributed by atoms with van der Waals surface area (Å²) in [7, 11) is 0. The lowest BCUT2D eigenvalue weighted by Gasteiger charge is -2.36. The van der Waals surface area contributed by atoms with Crippen LogP contribution in [0.2, 0.25) is 0 Å². The van der Waals surface area contributed by atoms with Crippen LogP contribution in [0.1, 0.15) is 32.1 Å². The van der Waals surface area contributed by atoms with Crippen LogP contribution in [0.25, 0.3) is 21.0 Å². The number of carbonyl (C=O) groups excluding carboxylic acids is 1. The lowest BCUT2D eigenvalue weighted by atomic mass is 10.2. The molecule has 2 aromatic carbocycles. The Morgan fingerprint density at radius 2 is 1.76 bits per heavy atom. The van der Waals surface area contributed by atoms with Gasteiger partial charge in [0.2, 0.25) is 12.7 Å². The van der Waals surface area contributed by atoms with Crippen molar-refractivity contribution < 1.29 is 19.0 Å². The van der Waals surface area contributed by atoms with Gasteiger partial charge in [0.15, 0.2) is 0 Å². The number of rotatable bonds is 11. The lowest BCUT2D eigenvalue weighted by Crippen LogP contribution is -2.46. The van der Waals surface area contributed by atoms with E-state index < -0.39 is 6.09 Å². The molecular weight excluding hydrogens is 550 g/mol. The molecule has 0 saturated carbocycles. The molecule has 2 aliphatic rings. The number of ether oxygens (including phenoxy) is 3. The average molecular weight is 590 g/mol. The van der Waals surface area contributed by atoms with Crippen molar-refractivity contribution in [1.82, 2.24) is 20.3 Å². The smallest absolute Gasteiger partial charge is 0.424 e. The fourth-order valence-corrected chi connectivity index (χ4v) is 6.46. The van der Waals surface area contributed by atoms with Crippen LogP contribution in [0, 0.1) is 0 Å². The van der Waals surface area contributed by atoms with Crippen LogP contribution < -0.4 is 19.8 Å². The van der Waals surface area contributed by atoms with Crippen LogP contribution in [-0.4, -0.2) is 80.2 Å². The average Bonchev–Trinajstić information content (AvgIpc) is 3.51. The Balaban J connectivity index is 0.894. The first-order valence-corrected chi connectivity index (χ1v) is 15.9. The van der Waals surface area contributed by atoms with Crippen molar-refractivity contribution in [1.29, 1.82) is 0 Å². The minimum absolute atomic E-state index is 0.200. The summed E-state index contributed by atoms with van der Waals surface area (Å²) in [5, 5.41) is 6.44. The van der Waals surface area contributed by atoms with Crippen molar-refractivity contribution in [3.8, 4) is 11.6 Å². The Morgan fingerprint density at radius 1 is 0.905 bits per heavy atom. The second-order valence-electron chi connectivity index (χ2n) is 10.9. The number of piperidine rings is 1. The van der Waals surface area contributed by atoms with E-state index in [2.05, 4.69) is 49.9 Å². The van der Waals surface area contributed by atoms with E-state index in [0.717, 1.165) is 88.1 Å². The van der Waals surface area contributed by atoms with E-state index in [1.54, 1.807) is 6.07 Å². The molecule has 4 aromatic rings. The molecular formula is C32H39N5O4S. The van der Waals surface area contributed by atoms with Gasteiger partial charge in [-0.15, -0.1) is 11.3 Å². The second kappa shape index (κ2) is 14.0. The molecule has 2 aliphatic heterocycles. The Morgan fingerprint density at radius 3 is 2.64 bits per heavy atom. The normalized spacial score (nSPS) is 16.5. The Labute approximate surface area is 250 Å². The van der Waals surface area contributed by atoms with E-state index in [1.165, 1.54) is 22.2 Å². The molecule has 6 rings (SSSR count). The van der Waals surface area contributed by atoms with Crippen molar-refractivity contribution in [3.63, 3.8) is 0 Å². The van der Waals surface area contributed by atoms with Crippen LogP contribution >= 0.6 is 11.3 Å². The number of unbranched alkanes of at least 4 members (excludes halogenated alkanes) is 1. The number of nitrogens with one attached hydrogen (secondary N) is 1. The minimum Gasteiger partial charge on any atom is -0.494 e. The predicted octanol–water partition coefficient (Wildman–Crippen LogP) is 5.89. The van der Waals surface area contributed by atoms with Crippen LogP contribution in [0.3, 0.4) is 0 Å². The van der Waals surface area contributed by atoms with Crippen LogP contribution in [0.5, 0.6) is 11.6 Å². The summed E-state index contributed by atoms with van der Waals surface area (Å²) in [5.74, 6) is 1.19. The van der Waals surface area contributed by atoms with E-state index in [0.29, 0.717) is 12.5 Å². The third-order valence-corrected chi connectivity index (χ3v) is 8.85. The minimum atomic E-state index is -0.511. The molecule has 10 heteroatoms. The maximum Gasteiger partial charge on any atom is 0.424 e. The van der Waals surface area contributed by atoms with Gasteiger partial charge in [0.1, 0.15) is 5.75 Å². The van der Waals surface area contributed by atoms with Crippen molar-refractivity contribution in [2.24, 2.45) is 0 Å². The molecule has 0 unspecified atom stereocenters. The fourth-order valence-electron chi connectivity index (χ4n) is 5.65. The molecule has 0 radical (unpaired) electrons. The summed E-state index contributed by atoms with van der Waals surface area (Å²) < 4.78 is 18.1. The van der Waals surface area contributed by atoms with Crippen LogP contribution in [0.15, 0.2) is 60.0 Å². The van der Waals surface area contributed by atoms with Gasteiger partial charge >= 0.3 is 6.09 Å². The number of aromatic nitrogens is 1. The number of anilines is 1. The molecule has 42 heavy (non-hydrogen) atoms. The molecule has 222 valence electrons. The van der Waals surface area contributed by atoms with Crippen molar-refractivity contribution in [3.05, 3.63) is 60.0 Å². The number of hydrogen-bond acceptors (Lipinski definition) is 9.